The molecule has 1 fully saturated rings. The Kier molecular flexibility index (Phi) is 5.91. The van der Waals surface area contributed by atoms with Crippen LogP contribution in [0.2, 0.25) is 0 Å². The predicted molar refractivity (Wildman–Crippen MR) is 141 cm³/mol. The van der Waals surface area contributed by atoms with Crippen molar-refractivity contribution in [2.45, 2.75) is 11.5 Å². The van der Waals surface area contributed by atoms with E-state index in [2.05, 4.69) is 0 Å². The molecule has 0 bridgehead atoms. The van der Waals surface area contributed by atoms with Crippen molar-refractivity contribution in [3.63, 3.8) is 0 Å². The minimum absolute atomic E-state index is 0.218. The Morgan fingerprint density at radius 1 is 0.923 bits per heavy atom. The molecule has 0 radical (unpaired) electrons. The van der Waals surface area contributed by atoms with Crippen LogP contribution in [0.25, 0.3) is 10.9 Å². The van der Waals surface area contributed by atoms with Crippen LogP contribution in [-0.4, -0.2) is 64.6 Å². The minimum Gasteiger partial charge on any atom is -0.497 e. The van der Waals surface area contributed by atoms with E-state index in [0.717, 1.165) is 22.2 Å². The van der Waals surface area contributed by atoms with Crippen LogP contribution < -0.4 is 4.74 Å². The summed E-state index contributed by atoms with van der Waals surface area (Å²) in [6.07, 6.45) is 0. The van der Waals surface area contributed by atoms with Gasteiger partial charge in [0.15, 0.2) is 0 Å². The number of hydrogen-bond acceptors (Lipinski definition) is 4. The second kappa shape index (κ2) is 9.20. The second-order valence-corrected chi connectivity index (χ2v) is 10.3. The SMILES string of the molecule is COc1ccc2c3c(n(C)c2c1)[C@H](CO)N(C(=O)c1ccc(F)cc1)CC31CN(C(=O)c2ccc(F)cc2)C1. The van der Waals surface area contributed by atoms with E-state index in [1.165, 1.54) is 48.5 Å². The van der Waals surface area contributed by atoms with Crippen molar-refractivity contribution in [3.05, 3.63) is 101 Å². The number of rotatable bonds is 4. The standard InChI is InChI=1S/C30H27F2N3O4/c1-33-24-13-22(39-2)11-12-23(24)26-27(33)25(14-36)35(29(38)19-5-9-21(32)10-6-19)17-30(26)15-34(16-30)28(37)18-3-7-20(31)8-4-18/h3-13,25,36H,14-17H2,1-2H3/t25-/m0/s1. The fourth-order valence-electron chi connectivity index (χ4n) is 6.19. The van der Waals surface area contributed by atoms with Crippen molar-refractivity contribution in [3.8, 4) is 5.75 Å². The highest BCUT2D eigenvalue weighted by molar-refractivity contribution is 5.98. The number of halogens is 2. The van der Waals surface area contributed by atoms with Crippen molar-refractivity contribution >= 4 is 22.7 Å². The maximum Gasteiger partial charge on any atom is 0.254 e. The first-order valence-corrected chi connectivity index (χ1v) is 12.7. The number of amides is 2. The van der Waals surface area contributed by atoms with Crippen molar-refractivity contribution in [2.24, 2.45) is 7.05 Å². The first-order chi connectivity index (χ1) is 18.8. The van der Waals surface area contributed by atoms with Gasteiger partial charge in [-0.1, -0.05) is 0 Å². The van der Waals surface area contributed by atoms with Gasteiger partial charge in [0.25, 0.3) is 11.8 Å². The average molecular weight is 532 g/mol. The second-order valence-electron chi connectivity index (χ2n) is 10.3. The molecule has 200 valence electrons. The minimum atomic E-state index is -0.645. The molecule has 2 aliphatic rings. The molecule has 2 amide bonds. The summed E-state index contributed by atoms with van der Waals surface area (Å²) in [5.74, 6) is -0.732. The van der Waals surface area contributed by atoms with Gasteiger partial charge in [0.05, 0.1) is 30.7 Å². The number of aliphatic hydroxyl groups is 1. The molecule has 0 saturated carbocycles. The Morgan fingerprint density at radius 2 is 1.51 bits per heavy atom. The number of aryl methyl sites for hydroxylation is 1. The van der Waals surface area contributed by atoms with Gasteiger partial charge in [-0.05, 0) is 66.2 Å². The number of methoxy groups -OCH3 is 1. The molecule has 9 heteroatoms. The molecule has 7 nitrogen and oxygen atoms in total. The molecule has 2 aliphatic heterocycles. The molecule has 3 aromatic carbocycles. The molecule has 1 spiro atoms. The maximum absolute atomic E-state index is 13.8. The van der Waals surface area contributed by atoms with Crippen LogP contribution in [0.3, 0.4) is 0 Å². The molecule has 1 atom stereocenters. The summed E-state index contributed by atoms with van der Waals surface area (Å²) in [5.41, 5.74) is 2.77. The Bertz CT molecular complexity index is 1590. The first kappa shape index (κ1) is 25.1. The van der Waals surface area contributed by atoms with Gasteiger partial charge in [-0.15, -0.1) is 0 Å². The molecule has 3 heterocycles. The Labute approximate surface area is 223 Å². The van der Waals surface area contributed by atoms with Crippen LogP contribution in [0.4, 0.5) is 8.78 Å². The van der Waals surface area contributed by atoms with E-state index in [-0.39, 0.29) is 25.0 Å². The van der Waals surface area contributed by atoms with Crippen molar-refractivity contribution in [1.29, 1.82) is 0 Å². The fourth-order valence-corrected chi connectivity index (χ4v) is 6.19. The number of carbonyl (C=O) groups is 2. The summed E-state index contributed by atoms with van der Waals surface area (Å²) in [6, 6.07) is 15.9. The number of aromatic nitrogens is 1. The Balaban J connectivity index is 1.46. The van der Waals surface area contributed by atoms with Gasteiger partial charge in [0, 0.05) is 55.0 Å². The van der Waals surface area contributed by atoms with Gasteiger partial charge < -0.3 is 24.2 Å². The van der Waals surface area contributed by atoms with Gasteiger partial charge in [-0.25, -0.2) is 8.78 Å². The molecule has 1 aromatic heterocycles. The Morgan fingerprint density at radius 3 is 2.08 bits per heavy atom. The zero-order chi connectivity index (χ0) is 27.5. The van der Waals surface area contributed by atoms with Gasteiger partial charge in [0.1, 0.15) is 17.4 Å². The number of carbonyl (C=O) groups excluding carboxylic acids is 2. The fraction of sp³-hybridized carbons (Fsp3) is 0.267. The van der Waals surface area contributed by atoms with E-state index >= 15 is 0 Å². The molecule has 0 aliphatic carbocycles. The van der Waals surface area contributed by atoms with E-state index in [1.54, 1.807) is 16.9 Å². The lowest BCUT2D eigenvalue weighted by atomic mass is 9.68. The summed E-state index contributed by atoms with van der Waals surface area (Å²) >= 11 is 0. The van der Waals surface area contributed by atoms with Gasteiger partial charge >= 0.3 is 0 Å². The number of hydrogen-bond donors (Lipinski definition) is 1. The van der Waals surface area contributed by atoms with Crippen molar-refractivity contribution in [1.82, 2.24) is 14.4 Å². The summed E-state index contributed by atoms with van der Waals surface area (Å²) in [7, 11) is 3.49. The zero-order valence-electron chi connectivity index (χ0n) is 21.5. The highest BCUT2D eigenvalue weighted by atomic mass is 19.1. The van der Waals surface area contributed by atoms with Gasteiger partial charge in [0.2, 0.25) is 0 Å². The lowest BCUT2D eigenvalue weighted by Gasteiger charge is -2.56. The summed E-state index contributed by atoms with van der Waals surface area (Å²) in [5, 5.41) is 11.6. The molecule has 6 rings (SSSR count). The Hall–Kier alpha value is -4.24. The first-order valence-electron chi connectivity index (χ1n) is 12.7. The van der Waals surface area contributed by atoms with Crippen LogP contribution in [0.1, 0.15) is 38.0 Å². The lowest BCUT2D eigenvalue weighted by molar-refractivity contribution is 0.00235. The summed E-state index contributed by atoms with van der Waals surface area (Å²) in [4.78, 5) is 30.3. The van der Waals surface area contributed by atoms with Crippen LogP contribution in [0.5, 0.6) is 5.75 Å². The largest absolute Gasteiger partial charge is 0.497 e. The third-order valence-corrected chi connectivity index (χ3v) is 8.04. The molecule has 4 aromatic rings. The van der Waals surface area contributed by atoms with Crippen LogP contribution in [0.15, 0.2) is 66.7 Å². The van der Waals surface area contributed by atoms with Crippen molar-refractivity contribution in [2.75, 3.05) is 33.4 Å². The molecule has 1 saturated heterocycles. The molecule has 39 heavy (non-hydrogen) atoms. The quantitative estimate of drug-likeness (QED) is 0.431. The molecule has 0 unspecified atom stereocenters. The predicted octanol–water partition coefficient (Wildman–Crippen LogP) is 4.05. The average Bonchev–Trinajstić information content (AvgIpc) is 3.23. The number of nitrogens with zero attached hydrogens (tertiary/aromatic N) is 3. The summed E-state index contributed by atoms with van der Waals surface area (Å²) < 4.78 is 34.5. The monoisotopic (exact) mass is 531 g/mol. The lowest BCUT2D eigenvalue weighted by Crippen LogP contribution is -2.68. The summed E-state index contributed by atoms with van der Waals surface area (Å²) in [6.45, 7) is 0.634. The molecule has 1 N–H and O–H groups in total. The highest BCUT2D eigenvalue weighted by Crippen LogP contribution is 2.50. The normalized spacial score (nSPS) is 17.7. The van der Waals surface area contributed by atoms with E-state index < -0.39 is 23.1 Å². The van der Waals surface area contributed by atoms with E-state index in [4.69, 9.17) is 4.74 Å². The zero-order valence-corrected chi connectivity index (χ0v) is 21.5. The molecular formula is C30H27F2N3O4. The topological polar surface area (TPSA) is 75.0 Å². The van der Waals surface area contributed by atoms with Crippen LogP contribution in [-0.2, 0) is 12.5 Å². The third kappa shape index (κ3) is 3.87. The van der Waals surface area contributed by atoms with Crippen LogP contribution >= 0.6 is 0 Å². The smallest absolute Gasteiger partial charge is 0.254 e. The molecular weight excluding hydrogens is 504 g/mol. The number of likely N-dealkylation sites (tertiary alicyclic amines) is 1. The third-order valence-electron chi connectivity index (χ3n) is 8.04. The van der Waals surface area contributed by atoms with E-state index in [0.29, 0.717) is 30.0 Å². The number of ether oxygens (including phenoxy) is 1. The number of fused-ring (bicyclic) bond motifs is 4. The highest BCUT2D eigenvalue weighted by Gasteiger charge is 2.55. The number of aliphatic hydroxyl groups excluding tert-OH is 1. The van der Waals surface area contributed by atoms with E-state index in [1.807, 2.05) is 29.8 Å². The number of benzene rings is 3. The van der Waals surface area contributed by atoms with Crippen LogP contribution in [0, 0.1) is 11.6 Å². The van der Waals surface area contributed by atoms with Gasteiger partial charge in [-0.3, -0.25) is 9.59 Å². The van der Waals surface area contributed by atoms with E-state index in [9.17, 15) is 23.5 Å². The maximum atomic E-state index is 13.8. The van der Waals surface area contributed by atoms with Gasteiger partial charge in [-0.2, -0.15) is 0 Å². The van der Waals surface area contributed by atoms with Crippen molar-refractivity contribution < 1.29 is 28.2 Å².